The number of Topliss-reactive ketones (excluding diaryl/α,β-unsaturated/α-hetero) is 2. The molecule has 0 fully saturated rings. The van der Waals surface area contributed by atoms with E-state index in [-0.39, 0.29) is 11.6 Å². The van der Waals surface area contributed by atoms with E-state index in [9.17, 15) is 29.4 Å². The summed E-state index contributed by atoms with van der Waals surface area (Å²) in [4.78, 5) is 43.1. The largest absolute Gasteiger partial charge is 0.549 e. The van der Waals surface area contributed by atoms with Crippen molar-refractivity contribution in [2.24, 2.45) is 10.8 Å². The van der Waals surface area contributed by atoms with Crippen molar-refractivity contribution in [2.45, 2.75) is 107 Å². The summed E-state index contributed by atoms with van der Waals surface area (Å²) in [6.07, 6.45) is 1.87. The number of rotatable bonds is 12. The predicted octanol–water partition coefficient (Wildman–Crippen LogP) is 2.01. The maximum absolute atomic E-state index is 10.9. The third kappa shape index (κ3) is 12.5. The SMILES string of the molecule is CC(C)[O][Ti+2][O]C(C)C.CCC(CC)(C(C)=O)C(=O)[O-].CCC(CC)(C(C)=O)C(=O)[O-]. The van der Waals surface area contributed by atoms with Crippen LogP contribution in [0.15, 0.2) is 0 Å². The quantitative estimate of drug-likeness (QED) is 0.306. The van der Waals surface area contributed by atoms with Gasteiger partial charge in [-0.05, 0) is 39.5 Å². The zero-order valence-corrected chi connectivity index (χ0v) is 22.3. The van der Waals surface area contributed by atoms with Gasteiger partial charge in [0.1, 0.15) is 11.6 Å². The predicted molar refractivity (Wildman–Crippen MR) is 110 cm³/mol. The molecule has 9 heteroatoms. The van der Waals surface area contributed by atoms with Gasteiger partial charge in [-0.1, -0.05) is 27.7 Å². The van der Waals surface area contributed by atoms with Crippen LogP contribution in [0.4, 0.5) is 0 Å². The van der Waals surface area contributed by atoms with Gasteiger partial charge >= 0.3 is 66.5 Å². The van der Waals surface area contributed by atoms with Gasteiger partial charge < -0.3 is 19.8 Å². The van der Waals surface area contributed by atoms with Gasteiger partial charge in [0.2, 0.25) is 0 Å². The van der Waals surface area contributed by atoms with Gasteiger partial charge in [-0.2, -0.15) is 0 Å². The molecule has 31 heavy (non-hydrogen) atoms. The molecule has 0 rings (SSSR count). The number of carboxylic acid groups (broad SMARTS) is 2. The Labute approximate surface area is 197 Å². The molecule has 0 amide bonds. The van der Waals surface area contributed by atoms with Gasteiger partial charge in [0.15, 0.2) is 0 Å². The number of carbonyl (C=O) groups excluding carboxylic acids is 4. The molecule has 0 aliphatic carbocycles. The first-order valence-electron chi connectivity index (χ1n) is 10.7. The van der Waals surface area contributed by atoms with Crippen molar-refractivity contribution < 1.29 is 56.0 Å². The van der Waals surface area contributed by atoms with E-state index in [1.807, 2.05) is 27.7 Å². The molecular formula is C22H40O8Ti. The zero-order chi connectivity index (χ0) is 25.4. The molecule has 0 unspecified atom stereocenters. The topological polar surface area (TPSA) is 133 Å². The molecule has 0 aliphatic heterocycles. The summed E-state index contributed by atoms with van der Waals surface area (Å²) in [5, 5.41) is 21.2. The molecule has 0 heterocycles. The Morgan fingerprint density at radius 2 is 0.903 bits per heavy atom. The van der Waals surface area contributed by atoms with E-state index in [1.54, 1.807) is 27.7 Å². The van der Waals surface area contributed by atoms with Gasteiger partial charge in [0, 0.05) is 0 Å². The van der Waals surface area contributed by atoms with Crippen LogP contribution in [-0.4, -0.2) is 35.7 Å². The number of carbonyl (C=O) groups is 4. The summed E-state index contributed by atoms with van der Waals surface area (Å²) in [6, 6.07) is 0. The fraction of sp³-hybridized carbons (Fsp3) is 0.818. The number of aliphatic carboxylic acids is 2. The molecule has 0 saturated carbocycles. The van der Waals surface area contributed by atoms with E-state index < -0.39 is 42.7 Å². The fourth-order valence-corrected chi connectivity index (χ4v) is 3.27. The van der Waals surface area contributed by atoms with Crippen molar-refractivity contribution >= 4 is 23.5 Å². The molecule has 0 saturated heterocycles. The minimum atomic E-state index is -1.25. The number of hydrogen-bond acceptors (Lipinski definition) is 8. The van der Waals surface area contributed by atoms with E-state index in [0.717, 1.165) is 0 Å². The maximum Gasteiger partial charge on any atom is 0.141 e. The summed E-state index contributed by atoms with van der Waals surface area (Å²) in [5.41, 5.74) is -2.50. The molecule has 0 aromatic carbocycles. The Hall–Kier alpha value is -1.09. The van der Waals surface area contributed by atoms with Crippen molar-refractivity contribution in [2.75, 3.05) is 0 Å². The van der Waals surface area contributed by atoms with Gasteiger partial charge in [-0.15, -0.1) is 0 Å². The first kappa shape index (κ1) is 34.5. The molecule has 0 N–H and O–H groups in total. The van der Waals surface area contributed by atoms with E-state index in [0.29, 0.717) is 37.9 Å². The first-order valence-corrected chi connectivity index (χ1v) is 11.9. The summed E-state index contributed by atoms with van der Waals surface area (Å²) < 4.78 is 10.5. The number of carboxylic acids is 2. The van der Waals surface area contributed by atoms with Crippen LogP contribution in [0.1, 0.15) is 94.9 Å². The Morgan fingerprint density at radius 1 is 0.677 bits per heavy atom. The van der Waals surface area contributed by atoms with Crippen molar-refractivity contribution in [3.8, 4) is 0 Å². The van der Waals surface area contributed by atoms with Crippen LogP contribution in [0, 0.1) is 10.8 Å². The van der Waals surface area contributed by atoms with Crippen LogP contribution in [-0.2, 0) is 45.7 Å². The number of ketones is 2. The third-order valence-electron chi connectivity index (χ3n) is 5.11. The third-order valence-corrected chi connectivity index (χ3v) is 6.88. The summed E-state index contributed by atoms with van der Waals surface area (Å²) in [5.74, 6) is -3.14. The molecule has 0 radical (unpaired) electrons. The second-order valence-corrected chi connectivity index (χ2v) is 8.68. The molecule has 0 bridgehead atoms. The molecular weight excluding hydrogens is 440 g/mol. The molecule has 0 aromatic rings. The normalized spacial score (nSPS) is 11.0. The molecule has 0 aliphatic rings. The Bertz CT molecular complexity index is 470. The summed E-state index contributed by atoms with van der Waals surface area (Å²) in [6.45, 7) is 17.4. The standard InChI is InChI=1S/2C8H14O3.2C3H7O.Ti/c2*1-4-8(5-2,6(3)9)7(10)11;2*1-3(2)4;/h2*4-5H2,1-3H3,(H,10,11);2*3H,1-2H3;/q;;2*-1;+4/p-2. The monoisotopic (exact) mass is 480 g/mol. The van der Waals surface area contributed by atoms with Crippen molar-refractivity contribution in [1.82, 2.24) is 0 Å². The first-order chi connectivity index (χ1) is 14.1. The second kappa shape index (κ2) is 17.5. The molecule has 180 valence electrons. The van der Waals surface area contributed by atoms with Crippen LogP contribution >= 0.6 is 0 Å². The average molecular weight is 480 g/mol. The van der Waals surface area contributed by atoms with Crippen LogP contribution in [0.2, 0.25) is 0 Å². The van der Waals surface area contributed by atoms with E-state index in [2.05, 4.69) is 0 Å². The van der Waals surface area contributed by atoms with E-state index in [1.165, 1.54) is 13.8 Å². The molecule has 8 nitrogen and oxygen atoms in total. The summed E-state index contributed by atoms with van der Waals surface area (Å²) >= 11 is -0.574. The van der Waals surface area contributed by atoms with Crippen LogP contribution < -0.4 is 10.2 Å². The van der Waals surface area contributed by atoms with Gasteiger partial charge in [-0.25, -0.2) is 0 Å². The van der Waals surface area contributed by atoms with Crippen molar-refractivity contribution in [3.63, 3.8) is 0 Å². The minimum Gasteiger partial charge on any atom is -0.549 e. The maximum atomic E-state index is 10.9. The Balaban J connectivity index is -0.000000382. The molecule has 0 atom stereocenters. The Morgan fingerprint density at radius 3 is 0.968 bits per heavy atom. The van der Waals surface area contributed by atoms with E-state index in [4.69, 9.17) is 6.64 Å². The smallest absolute Gasteiger partial charge is 0.141 e. The van der Waals surface area contributed by atoms with Crippen molar-refractivity contribution in [3.05, 3.63) is 0 Å². The van der Waals surface area contributed by atoms with Crippen LogP contribution in [0.3, 0.4) is 0 Å². The average Bonchev–Trinajstić information content (AvgIpc) is 2.64. The van der Waals surface area contributed by atoms with E-state index >= 15 is 0 Å². The van der Waals surface area contributed by atoms with Gasteiger partial charge in [0.05, 0.1) is 22.8 Å². The second-order valence-electron chi connectivity index (χ2n) is 7.68. The molecule has 0 aromatic heterocycles. The fourth-order valence-electron chi connectivity index (χ4n) is 2.58. The molecule has 0 spiro atoms. The van der Waals surface area contributed by atoms with Gasteiger partial charge in [0.25, 0.3) is 0 Å². The van der Waals surface area contributed by atoms with Crippen molar-refractivity contribution in [1.29, 1.82) is 0 Å². The van der Waals surface area contributed by atoms with Crippen LogP contribution in [0.25, 0.3) is 0 Å². The number of hydrogen-bond donors (Lipinski definition) is 0. The van der Waals surface area contributed by atoms with Gasteiger partial charge in [-0.3, -0.25) is 9.59 Å². The van der Waals surface area contributed by atoms with Crippen LogP contribution in [0.5, 0.6) is 0 Å². The Kier molecular flexibility index (Phi) is 19.5. The zero-order valence-electron chi connectivity index (χ0n) is 20.7. The summed E-state index contributed by atoms with van der Waals surface area (Å²) in [7, 11) is 0. The minimum absolute atomic E-state index is 0.307.